The number of benzene rings is 2. The van der Waals surface area contributed by atoms with Gasteiger partial charge >= 0.3 is 6.11 Å². The van der Waals surface area contributed by atoms with Gasteiger partial charge in [0, 0.05) is 56.9 Å². The summed E-state index contributed by atoms with van der Waals surface area (Å²) in [5.41, 5.74) is 0.0677. The lowest BCUT2D eigenvalue weighted by Gasteiger charge is -2.43. The molecule has 0 aromatic heterocycles. The van der Waals surface area contributed by atoms with Crippen LogP contribution in [-0.4, -0.2) is 73.1 Å². The fraction of sp³-hybridized carbons (Fsp3) is 0.536. The van der Waals surface area contributed by atoms with Crippen LogP contribution in [0.4, 0.5) is 24.5 Å². The van der Waals surface area contributed by atoms with E-state index in [0.29, 0.717) is 44.4 Å². The highest BCUT2D eigenvalue weighted by Crippen LogP contribution is 2.34. The SMILES string of the molecule is CC(F)(F)Oc1ccc(N2CCC3(C2)CN(C(CO)CC(=O)Nc2ccc(C(C)(C)F)cc2)CCO3)cc1. The van der Waals surface area contributed by atoms with Crippen molar-refractivity contribution in [1.82, 2.24) is 4.90 Å². The van der Waals surface area contributed by atoms with Gasteiger partial charge in [-0.1, -0.05) is 12.1 Å². The van der Waals surface area contributed by atoms with Gasteiger partial charge in [-0.3, -0.25) is 9.69 Å². The molecule has 2 aromatic carbocycles. The number of rotatable bonds is 9. The molecule has 2 aromatic rings. The lowest BCUT2D eigenvalue weighted by molar-refractivity contribution is -0.158. The minimum absolute atomic E-state index is 0.0986. The first-order chi connectivity index (χ1) is 17.9. The number of ether oxygens (including phenoxy) is 2. The predicted octanol–water partition coefficient (Wildman–Crippen LogP) is 4.55. The summed E-state index contributed by atoms with van der Waals surface area (Å²) < 4.78 is 51.1. The summed E-state index contributed by atoms with van der Waals surface area (Å²) in [4.78, 5) is 17.0. The third-order valence-corrected chi connectivity index (χ3v) is 7.10. The minimum Gasteiger partial charge on any atom is -0.433 e. The molecule has 1 amide bonds. The lowest BCUT2D eigenvalue weighted by atomic mass is 9.98. The molecule has 2 N–H and O–H groups in total. The largest absolute Gasteiger partial charge is 0.433 e. The summed E-state index contributed by atoms with van der Waals surface area (Å²) in [5, 5.41) is 12.9. The van der Waals surface area contributed by atoms with Crippen LogP contribution >= 0.6 is 0 Å². The molecule has 1 spiro atoms. The van der Waals surface area contributed by atoms with Crippen molar-refractivity contribution in [3.63, 3.8) is 0 Å². The number of carbonyl (C=O) groups excluding carboxylic acids is 1. The third kappa shape index (κ3) is 7.18. The van der Waals surface area contributed by atoms with E-state index >= 15 is 0 Å². The maximum atomic E-state index is 14.1. The summed E-state index contributed by atoms with van der Waals surface area (Å²) in [6.45, 7) is 6.45. The zero-order valence-electron chi connectivity index (χ0n) is 22.1. The number of anilines is 2. The van der Waals surface area contributed by atoms with Gasteiger partial charge in [0.1, 0.15) is 11.4 Å². The van der Waals surface area contributed by atoms with Gasteiger partial charge in [-0.25, -0.2) is 4.39 Å². The van der Waals surface area contributed by atoms with Crippen molar-refractivity contribution < 1.29 is 32.5 Å². The number of carbonyl (C=O) groups is 1. The van der Waals surface area contributed by atoms with Crippen molar-refractivity contribution in [1.29, 1.82) is 0 Å². The van der Waals surface area contributed by atoms with Crippen LogP contribution in [0.1, 0.15) is 39.2 Å². The first kappa shape index (κ1) is 28.2. The number of nitrogens with zero attached hydrogens (tertiary/aromatic N) is 2. The molecule has 2 saturated heterocycles. The standard InChI is InChI=1S/C28H36F3N3O4/c1-26(2,29)20-4-6-21(7-5-20)32-25(36)16-23(17-35)34-14-15-37-28(19-34)12-13-33(18-28)22-8-10-24(11-9-22)38-27(3,30)31/h4-11,23,35H,12-19H2,1-3H3,(H,32,36). The van der Waals surface area contributed by atoms with Crippen molar-refractivity contribution in [3.05, 3.63) is 54.1 Å². The van der Waals surface area contributed by atoms with E-state index in [-0.39, 0.29) is 30.7 Å². The molecule has 2 heterocycles. The Kier molecular flexibility index (Phi) is 8.25. The molecule has 2 aliphatic heterocycles. The smallest absolute Gasteiger partial charge is 0.394 e. The van der Waals surface area contributed by atoms with Crippen LogP contribution in [0.15, 0.2) is 48.5 Å². The van der Waals surface area contributed by atoms with Crippen molar-refractivity contribution in [2.24, 2.45) is 0 Å². The van der Waals surface area contributed by atoms with Gasteiger partial charge in [0.2, 0.25) is 5.91 Å². The molecule has 0 radical (unpaired) electrons. The molecule has 38 heavy (non-hydrogen) atoms. The highest BCUT2D eigenvalue weighted by molar-refractivity contribution is 5.91. The summed E-state index contributed by atoms with van der Waals surface area (Å²) in [6, 6.07) is 12.8. The Hall–Kier alpha value is -2.82. The van der Waals surface area contributed by atoms with Crippen LogP contribution in [0.3, 0.4) is 0 Å². The summed E-state index contributed by atoms with van der Waals surface area (Å²) in [5.74, 6) is -0.133. The molecular weight excluding hydrogens is 499 g/mol. The molecule has 2 fully saturated rings. The van der Waals surface area contributed by atoms with Crippen molar-refractivity contribution in [3.8, 4) is 5.75 Å². The molecule has 4 rings (SSSR count). The number of nitrogens with one attached hydrogen (secondary N) is 1. The van der Waals surface area contributed by atoms with Gasteiger partial charge in [-0.05, 0) is 62.2 Å². The van der Waals surface area contributed by atoms with Gasteiger partial charge < -0.3 is 24.8 Å². The summed E-state index contributed by atoms with van der Waals surface area (Å²) >= 11 is 0. The Morgan fingerprint density at radius 3 is 2.37 bits per heavy atom. The first-order valence-corrected chi connectivity index (χ1v) is 12.9. The van der Waals surface area contributed by atoms with E-state index in [1.165, 1.54) is 26.0 Å². The zero-order chi connectivity index (χ0) is 27.6. The Morgan fingerprint density at radius 2 is 1.76 bits per heavy atom. The molecule has 0 aliphatic carbocycles. The van der Waals surface area contributed by atoms with Crippen LogP contribution in [0, 0.1) is 0 Å². The Morgan fingerprint density at radius 1 is 1.08 bits per heavy atom. The van der Waals surface area contributed by atoms with E-state index in [9.17, 15) is 23.1 Å². The van der Waals surface area contributed by atoms with E-state index in [1.54, 1.807) is 36.4 Å². The minimum atomic E-state index is -3.24. The fourth-order valence-corrected chi connectivity index (χ4v) is 5.11. The van der Waals surface area contributed by atoms with Crippen LogP contribution in [0.2, 0.25) is 0 Å². The average Bonchev–Trinajstić information content (AvgIpc) is 3.24. The molecule has 2 atom stereocenters. The Bertz CT molecular complexity index is 1090. The van der Waals surface area contributed by atoms with Crippen molar-refractivity contribution in [2.75, 3.05) is 49.6 Å². The molecule has 0 bridgehead atoms. The normalized spacial score (nSPS) is 21.5. The molecule has 2 aliphatic rings. The number of alkyl halides is 3. The number of aliphatic hydroxyl groups is 1. The Balaban J connectivity index is 1.34. The van der Waals surface area contributed by atoms with Crippen LogP contribution in [-0.2, 0) is 15.2 Å². The van der Waals surface area contributed by atoms with E-state index in [4.69, 9.17) is 4.74 Å². The van der Waals surface area contributed by atoms with Crippen LogP contribution < -0.4 is 15.0 Å². The highest BCUT2D eigenvalue weighted by Gasteiger charge is 2.44. The molecular formula is C28H36F3N3O4. The van der Waals surface area contributed by atoms with Gasteiger partial charge in [-0.15, -0.1) is 0 Å². The van der Waals surface area contributed by atoms with Crippen LogP contribution in [0.25, 0.3) is 0 Å². The van der Waals surface area contributed by atoms with Gasteiger partial charge in [0.15, 0.2) is 0 Å². The zero-order valence-corrected chi connectivity index (χ0v) is 22.1. The second kappa shape index (κ2) is 11.1. The fourth-order valence-electron chi connectivity index (χ4n) is 5.11. The number of halogens is 3. The molecule has 208 valence electrons. The van der Waals surface area contributed by atoms with E-state index < -0.39 is 17.4 Å². The van der Waals surface area contributed by atoms with Gasteiger partial charge in [-0.2, -0.15) is 8.78 Å². The Labute approximate surface area is 221 Å². The third-order valence-electron chi connectivity index (χ3n) is 7.10. The monoisotopic (exact) mass is 535 g/mol. The second-order valence-electron chi connectivity index (χ2n) is 10.7. The average molecular weight is 536 g/mol. The van der Waals surface area contributed by atoms with Crippen molar-refractivity contribution in [2.45, 2.75) is 57.0 Å². The maximum Gasteiger partial charge on any atom is 0.394 e. The maximum absolute atomic E-state index is 14.1. The van der Waals surface area contributed by atoms with E-state index in [2.05, 4.69) is 19.9 Å². The quantitative estimate of drug-likeness (QED) is 0.491. The first-order valence-electron chi connectivity index (χ1n) is 12.9. The molecule has 0 saturated carbocycles. The highest BCUT2D eigenvalue weighted by atomic mass is 19.3. The van der Waals surface area contributed by atoms with Crippen LogP contribution in [0.5, 0.6) is 5.75 Å². The molecule has 7 nitrogen and oxygen atoms in total. The number of hydrogen-bond acceptors (Lipinski definition) is 6. The molecule has 10 heteroatoms. The van der Waals surface area contributed by atoms with E-state index in [1.807, 2.05) is 0 Å². The van der Waals surface area contributed by atoms with Gasteiger partial charge in [0.25, 0.3) is 0 Å². The summed E-state index contributed by atoms with van der Waals surface area (Å²) in [6.07, 6.45) is -2.37. The van der Waals surface area contributed by atoms with E-state index in [0.717, 1.165) is 18.7 Å². The number of morpholine rings is 1. The number of amides is 1. The second-order valence-corrected chi connectivity index (χ2v) is 10.7. The predicted molar refractivity (Wildman–Crippen MR) is 139 cm³/mol. The summed E-state index contributed by atoms with van der Waals surface area (Å²) in [7, 11) is 0. The molecule has 2 unspecified atom stereocenters. The van der Waals surface area contributed by atoms with Gasteiger partial charge in [0.05, 0.1) is 18.8 Å². The topological polar surface area (TPSA) is 74.3 Å². The number of hydrogen-bond donors (Lipinski definition) is 2. The lowest BCUT2D eigenvalue weighted by Crippen LogP contribution is -2.57. The van der Waals surface area contributed by atoms with Crippen molar-refractivity contribution >= 4 is 17.3 Å². The number of aliphatic hydroxyl groups excluding tert-OH is 1.